The van der Waals surface area contributed by atoms with Gasteiger partial charge >= 0.3 is 6.09 Å². The van der Waals surface area contributed by atoms with Crippen LogP contribution in [0, 0.1) is 11.3 Å². The Kier molecular flexibility index (Phi) is 2.82. The molecule has 1 heterocycles. The summed E-state index contributed by atoms with van der Waals surface area (Å²) < 4.78 is 4.43. The number of thioether (sulfide) groups is 1. The van der Waals surface area contributed by atoms with Crippen LogP contribution in [0.3, 0.4) is 0 Å². The molecule has 0 aromatic carbocycles. The highest BCUT2D eigenvalue weighted by molar-refractivity contribution is 7.99. The quantitative estimate of drug-likeness (QED) is 0.656. The molecule has 1 aliphatic rings. The fourth-order valence-electron chi connectivity index (χ4n) is 1.03. The first-order valence-electron chi connectivity index (χ1n) is 3.57. The summed E-state index contributed by atoms with van der Waals surface area (Å²) in [6.45, 7) is 0. The molecule has 1 amide bonds. The van der Waals surface area contributed by atoms with Gasteiger partial charge in [-0.3, -0.25) is 0 Å². The van der Waals surface area contributed by atoms with Gasteiger partial charge in [-0.15, -0.1) is 0 Å². The minimum atomic E-state index is -0.697. The fraction of sp³-hybridized carbons (Fsp3) is 0.714. The first kappa shape index (κ1) is 9.20. The topological polar surface area (TPSA) is 62.1 Å². The van der Waals surface area contributed by atoms with Gasteiger partial charge in [-0.25, -0.2) is 4.79 Å². The SMILES string of the molecule is COC(=O)NC1(C#N)CCSC1. The molecular formula is C7H10N2O2S. The Labute approximate surface area is 75.3 Å². The molecule has 1 saturated heterocycles. The van der Waals surface area contributed by atoms with Crippen LogP contribution >= 0.6 is 11.8 Å². The second kappa shape index (κ2) is 3.68. The number of hydrogen-bond donors (Lipinski definition) is 1. The molecule has 0 aliphatic carbocycles. The number of alkyl carbamates (subject to hydrolysis) is 1. The number of hydrogen-bond acceptors (Lipinski definition) is 4. The Balaban J connectivity index is 2.57. The minimum Gasteiger partial charge on any atom is -0.453 e. The molecule has 1 N–H and O–H groups in total. The summed E-state index contributed by atoms with van der Waals surface area (Å²) in [5.74, 6) is 1.57. The summed E-state index contributed by atoms with van der Waals surface area (Å²) in [4.78, 5) is 10.8. The van der Waals surface area contributed by atoms with E-state index in [-0.39, 0.29) is 0 Å². The second-order valence-electron chi connectivity index (χ2n) is 2.61. The van der Waals surface area contributed by atoms with Crippen LogP contribution in [0.2, 0.25) is 0 Å². The van der Waals surface area contributed by atoms with Crippen LogP contribution in [0.15, 0.2) is 0 Å². The number of methoxy groups -OCH3 is 1. The van der Waals surface area contributed by atoms with Gasteiger partial charge in [0.05, 0.1) is 13.2 Å². The van der Waals surface area contributed by atoms with Crippen molar-refractivity contribution in [2.75, 3.05) is 18.6 Å². The molecule has 0 spiro atoms. The lowest BCUT2D eigenvalue weighted by atomic mass is 10.0. The molecule has 0 saturated carbocycles. The molecule has 1 aliphatic heterocycles. The van der Waals surface area contributed by atoms with Crippen molar-refractivity contribution in [2.24, 2.45) is 0 Å². The van der Waals surface area contributed by atoms with Crippen molar-refractivity contribution in [3.8, 4) is 6.07 Å². The van der Waals surface area contributed by atoms with Gasteiger partial charge in [0.2, 0.25) is 0 Å². The lowest BCUT2D eigenvalue weighted by Gasteiger charge is -2.19. The Bertz CT molecular complexity index is 218. The van der Waals surface area contributed by atoms with Crippen LogP contribution in [-0.2, 0) is 4.74 Å². The third kappa shape index (κ3) is 1.83. The first-order chi connectivity index (χ1) is 5.72. The third-order valence-corrected chi connectivity index (χ3v) is 2.95. The van der Waals surface area contributed by atoms with Crippen LogP contribution in [0.25, 0.3) is 0 Å². The summed E-state index contributed by atoms with van der Waals surface area (Å²) in [5.41, 5.74) is -0.697. The molecular weight excluding hydrogens is 176 g/mol. The average molecular weight is 186 g/mol. The Morgan fingerprint density at radius 2 is 2.58 bits per heavy atom. The molecule has 0 radical (unpaired) electrons. The maximum Gasteiger partial charge on any atom is 0.408 e. The van der Waals surface area contributed by atoms with Crippen molar-refractivity contribution in [2.45, 2.75) is 12.0 Å². The zero-order valence-corrected chi connectivity index (χ0v) is 7.61. The predicted octanol–water partition coefficient (Wildman–Crippen LogP) is 0.742. The highest BCUT2D eigenvalue weighted by Gasteiger charge is 2.36. The molecule has 1 atom stereocenters. The van der Waals surface area contributed by atoms with Gasteiger partial charge in [-0.1, -0.05) is 0 Å². The van der Waals surface area contributed by atoms with Gasteiger partial charge in [0.15, 0.2) is 0 Å². The number of carbonyl (C=O) groups is 1. The molecule has 1 rings (SSSR count). The fourth-order valence-corrected chi connectivity index (χ4v) is 2.29. The number of nitrogens with one attached hydrogen (secondary N) is 1. The average Bonchev–Trinajstić information content (AvgIpc) is 2.54. The van der Waals surface area contributed by atoms with Crippen LogP contribution < -0.4 is 5.32 Å². The van der Waals surface area contributed by atoms with Crippen molar-refractivity contribution in [1.82, 2.24) is 5.32 Å². The van der Waals surface area contributed by atoms with Crippen LogP contribution in [-0.4, -0.2) is 30.2 Å². The molecule has 0 aromatic rings. The van der Waals surface area contributed by atoms with Crippen molar-refractivity contribution in [3.63, 3.8) is 0 Å². The highest BCUT2D eigenvalue weighted by atomic mass is 32.2. The number of carbonyl (C=O) groups excluding carboxylic acids is 1. The number of amides is 1. The van der Waals surface area contributed by atoms with E-state index in [0.717, 1.165) is 5.75 Å². The standard InChI is InChI=1S/C7H10N2O2S/c1-11-6(10)9-7(4-8)2-3-12-5-7/h2-3,5H2,1H3,(H,9,10). The van der Waals surface area contributed by atoms with E-state index in [9.17, 15) is 4.79 Å². The molecule has 12 heavy (non-hydrogen) atoms. The summed E-state index contributed by atoms with van der Waals surface area (Å²) >= 11 is 1.67. The maximum atomic E-state index is 10.8. The molecule has 0 bridgehead atoms. The van der Waals surface area contributed by atoms with Crippen LogP contribution in [0.1, 0.15) is 6.42 Å². The molecule has 1 fully saturated rings. The van der Waals surface area contributed by atoms with Gasteiger partial charge in [0.1, 0.15) is 5.54 Å². The van der Waals surface area contributed by atoms with E-state index in [2.05, 4.69) is 16.1 Å². The molecule has 66 valence electrons. The van der Waals surface area contributed by atoms with Crippen LogP contribution in [0.5, 0.6) is 0 Å². The minimum absolute atomic E-state index is 0.529. The van der Waals surface area contributed by atoms with Crippen molar-refractivity contribution in [1.29, 1.82) is 5.26 Å². The molecule has 1 unspecified atom stereocenters. The van der Waals surface area contributed by atoms with E-state index in [1.165, 1.54) is 7.11 Å². The molecule has 0 aromatic heterocycles. The van der Waals surface area contributed by atoms with E-state index in [4.69, 9.17) is 5.26 Å². The van der Waals surface area contributed by atoms with E-state index in [1.54, 1.807) is 11.8 Å². The van der Waals surface area contributed by atoms with Crippen molar-refractivity contribution in [3.05, 3.63) is 0 Å². The smallest absolute Gasteiger partial charge is 0.408 e. The zero-order chi connectivity index (χ0) is 9.03. The van der Waals surface area contributed by atoms with E-state index < -0.39 is 11.6 Å². The lowest BCUT2D eigenvalue weighted by Crippen LogP contribution is -2.47. The van der Waals surface area contributed by atoms with Crippen molar-refractivity contribution >= 4 is 17.9 Å². The maximum absolute atomic E-state index is 10.8. The summed E-state index contributed by atoms with van der Waals surface area (Å²) in [7, 11) is 1.29. The van der Waals surface area contributed by atoms with Gasteiger partial charge in [-0.2, -0.15) is 17.0 Å². The number of nitrogens with zero attached hydrogens (tertiary/aromatic N) is 1. The number of ether oxygens (including phenoxy) is 1. The Morgan fingerprint density at radius 1 is 1.83 bits per heavy atom. The summed E-state index contributed by atoms with van der Waals surface area (Å²) in [5, 5.41) is 11.4. The normalized spacial score (nSPS) is 27.7. The number of rotatable bonds is 1. The Hall–Kier alpha value is -0.890. The second-order valence-corrected chi connectivity index (χ2v) is 3.72. The summed E-state index contributed by atoms with van der Waals surface area (Å²) in [6, 6.07) is 2.11. The Morgan fingerprint density at radius 3 is 3.00 bits per heavy atom. The molecule has 5 heteroatoms. The lowest BCUT2D eigenvalue weighted by molar-refractivity contribution is 0.163. The predicted molar refractivity (Wildman–Crippen MR) is 45.8 cm³/mol. The van der Waals surface area contributed by atoms with Gasteiger partial charge in [-0.05, 0) is 12.2 Å². The molecule has 4 nitrogen and oxygen atoms in total. The monoisotopic (exact) mass is 186 g/mol. The summed E-state index contributed by atoms with van der Waals surface area (Å²) in [6.07, 6.45) is 0.169. The van der Waals surface area contributed by atoms with E-state index >= 15 is 0 Å². The van der Waals surface area contributed by atoms with Gasteiger partial charge in [0.25, 0.3) is 0 Å². The van der Waals surface area contributed by atoms with E-state index in [0.29, 0.717) is 12.2 Å². The largest absolute Gasteiger partial charge is 0.453 e. The van der Waals surface area contributed by atoms with Gasteiger partial charge in [0, 0.05) is 5.75 Å². The van der Waals surface area contributed by atoms with E-state index in [1.807, 2.05) is 0 Å². The third-order valence-electron chi connectivity index (χ3n) is 1.76. The van der Waals surface area contributed by atoms with Crippen LogP contribution in [0.4, 0.5) is 4.79 Å². The van der Waals surface area contributed by atoms with Gasteiger partial charge < -0.3 is 10.1 Å². The zero-order valence-electron chi connectivity index (χ0n) is 6.79. The van der Waals surface area contributed by atoms with Crippen molar-refractivity contribution < 1.29 is 9.53 Å². The highest BCUT2D eigenvalue weighted by Crippen LogP contribution is 2.27. The first-order valence-corrected chi connectivity index (χ1v) is 4.73. The number of nitriles is 1.